The van der Waals surface area contributed by atoms with Crippen LogP contribution in [0.15, 0.2) is 12.1 Å². The highest BCUT2D eigenvalue weighted by Crippen LogP contribution is 2.38. The van der Waals surface area contributed by atoms with Crippen LogP contribution >= 0.6 is 0 Å². The SMILES string of the molecule is Cc1cc(C)c(C2CNCC(C3CC3)O2)c(C)c1. The second-order valence-corrected chi connectivity index (χ2v) is 5.97. The number of ether oxygens (including phenoxy) is 1. The molecule has 1 aromatic rings. The normalized spacial score (nSPS) is 28.4. The van der Waals surface area contributed by atoms with Crippen LogP contribution in [0.25, 0.3) is 0 Å². The Balaban J connectivity index is 1.85. The summed E-state index contributed by atoms with van der Waals surface area (Å²) in [5.74, 6) is 0.811. The van der Waals surface area contributed by atoms with Gasteiger partial charge in [0.25, 0.3) is 0 Å². The third-order valence-corrected chi connectivity index (χ3v) is 4.22. The Bertz CT molecular complexity index is 427. The minimum Gasteiger partial charge on any atom is -0.367 e. The fourth-order valence-corrected chi connectivity index (χ4v) is 3.28. The molecular formula is C16H23NO. The van der Waals surface area contributed by atoms with Gasteiger partial charge in [0.1, 0.15) is 0 Å². The van der Waals surface area contributed by atoms with Crippen LogP contribution in [0, 0.1) is 26.7 Å². The van der Waals surface area contributed by atoms with Gasteiger partial charge in [0, 0.05) is 13.1 Å². The van der Waals surface area contributed by atoms with Crippen molar-refractivity contribution in [1.29, 1.82) is 0 Å². The van der Waals surface area contributed by atoms with Crippen LogP contribution in [-0.2, 0) is 4.74 Å². The zero-order valence-electron chi connectivity index (χ0n) is 11.6. The third kappa shape index (κ3) is 2.32. The molecule has 1 aromatic carbocycles. The van der Waals surface area contributed by atoms with Crippen molar-refractivity contribution in [3.05, 3.63) is 34.4 Å². The second-order valence-electron chi connectivity index (χ2n) is 5.97. The lowest BCUT2D eigenvalue weighted by molar-refractivity contribution is -0.0498. The number of nitrogens with one attached hydrogen (secondary N) is 1. The van der Waals surface area contributed by atoms with E-state index in [1.54, 1.807) is 0 Å². The van der Waals surface area contributed by atoms with Gasteiger partial charge in [-0.1, -0.05) is 17.7 Å². The van der Waals surface area contributed by atoms with E-state index >= 15 is 0 Å². The number of aryl methyl sites for hydroxylation is 3. The van der Waals surface area contributed by atoms with Gasteiger partial charge >= 0.3 is 0 Å². The van der Waals surface area contributed by atoms with Crippen LogP contribution in [-0.4, -0.2) is 19.2 Å². The van der Waals surface area contributed by atoms with Gasteiger partial charge < -0.3 is 10.1 Å². The second kappa shape index (κ2) is 4.67. The lowest BCUT2D eigenvalue weighted by atomic mass is 9.94. The van der Waals surface area contributed by atoms with Gasteiger partial charge in [-0.05, 0) is 56.2 Å². The van der Waals surface area contributed by atoms with Crippen LogP contribution < -0.4 is 5.32 Å². The standard InChI is InChI=1S/C16H23NO/c1-10-6-11(2)16(12(3)7-10)15-9-17-8-14(18-15)13-4-5-13/h6-7,13-15,17H,4-5,8-9H2,1-3H3. The van der Waals surface area contributed by atoms with Crippen molar-refractivity contribution in [3.8, 4) is 0 Å². The van der Waals surface area contributed by atoms with E-state index in [9.17, 15) is 0 Å². The van der Waals surface area contributed by atoms with E-state index < -0.39 is 0 Å². The molecule has 0 bridgehead atoms. The number of morpholine rings is 1. The molecule has 2 nitrogen and oxygen atoms in total. The van der Waals surface area contributed by atoms with Gasteiger partial charge in [0.05, 0.1) is 12.2 Å². The Morgan fingerprint density at radius 2 is 1.72 bits per heavy atom. The molecule has 0 amide bonds. The lowest BCUT2D eigenvalue weighted by Crippen LogP contribution is -2.42. The van der Waals surface area contributed by atoms with Gasteiger partial charge in [-0.2, -0.15) is 0 Å². The molecule has 3 rings (SSSR count). The predicted octanol–water partition coefficient (Wildman–Crippen LogP) is 3.05. The molecule has 2 atom stereocenters. The molecular weight excluding hydrogens is 222 g/mol. The van der Waals surface area contributed by atoms with Crippen molar-refractivity contribution >= 4 is 0 Å². The molecule has 1 aliphatic heterocycles. The van der Waals surface area contributed by atoms with Crippen LogP contribution in [0.4, 0.5) is 0 Å². The number of hydrogen-bond acceptors (Lipinski definition) is 2. The molecule has 98 valence electrons. The fraction of sp³-hybridized carbons (Fsp3) is 0.625. The number of rotatable bonds is 2. The number of benzene rings is 1. The predicted molar refractivity (Wildman–Crippen MR) is 73.9 cm³/mol. The third-order valence-electron chi connectivity index (χ3n) is 4.22. The van der Waals surface area contributed by atoms with Gasteiger partial charge in [-0.15, -0.1) is 0 Å². The van der Waals surface area contributed by atoms with Crippen molar-refractivity contribution in [2.75, 3.05) is 13.1 Å². The maximum absolute atomic E-state index is 6.34. The fourth-order valence-electron chi connectivity index (χ4n) is 3.28. The highest BCUT2D eigenvalue weighted by atomic mass is 16.5. The first kappa shape index (κ1) is 12.2. The van der Waals surface area contributed by atoms with Crippen molar-refractivity contribution < 1.29 is 4.74 Å². The Morgan fingerprint density at radius 3 is 2.33 bits per heavy atom. The summed E-state index contributed by atoms with van der Waals surface area (Å²) in [6.45, 7) is 8.56. The van der Waals surface area contributed by atoms with Crippen molar-refractivity contribution in [2.45, 2.75) is 45.8 Å². The maximum Gasteiger partial charge on any atom is 0.0958 e. The molecule has 0 spiro atoms. The van der Waals surface area contributed by atoms with E-state index in [1.807, 2.05) is 0 Å². The summed E-state index contributed by atoms with van der Waals surface area (Å²) in [6, 6.07) is 4.54. The summed E-state index contributed by atoms with van der Waals surface area (Å²) in [7, 11) is 0. The van der Waals surface area contributed by atoms with Gasteiger partial charge in [0.15, 0.2) is 0 Å². The van der Waals surface area contributed by atoms with E-state index in [2.05, 4.69) is 38.2 Å². The Hall–Kier alpha value is -0.860. The van der Waals surface area contributed by atoms with E-state index in [1.165, 1.54) is 35.1 Å². The highest BCUT2D eigenvalue weighted by molar-refractivity contribution is 5.39. The summed E-state index contributed by atoms with van der Waals surface area (Å²) in [5, 5.41) is 3.55. The topological polar surface area (TPSA) is 21.3 Å². The van der Waals surface area contributed by atoms with Gasteiger partial charge in [-0.25, -0.2) is 0 Å². The molecule has 1 aliphatic carbocycles. The first-order valence-electron chi connectivity index (χ1n) is 7.09. The van der Waals surface area contributed by atoms with E-state index in [0.29, 0.717) is 6.10 Å². The smallest absolute Gasteiger partial charge is 0.0958 e. The zero-order valence-corrected chi connectivity index (χ0v) is 11.6. The molecule has 2 fully saturated rings. The Morgan fingerprint density at radius 1 is 1.06 bits per heavy atom. The minimum atomic E-state index is 0.241. The van der Waals surface area contributed by atoms with Crippen molar-refractivity contribution in [2.24, 2.45) is 5.92 Å². The van der Waals surface area contributed by atoms with Crippen molar-refractivity contribution in [3.63, 3.8) is 0 Å². The van der Waals surface area contributed by atoms with Crippen LogP contribution in [0.2, 0.25) is 0 Å². The molecule has 0 aromatic heterocycles. The highest BCUT2D eigenvalue weighted by Gasteiger charge is 2.36. The van der Waals surface area contributed by atoms with Gasteiger partial charge in [-0.3, -0.25) is 0 Å². The van der Waals surface area contributed by atoms with E-state index in [0.717, 1.165) is 19.0 Å². The van der Waals surface area contributed by atoms with Crippen LogP contribution in [0.5, 0.6) is 0 Å². The average Bonchev–Trinajstić information content (AvgIpc) is 3.11. The summed E-state index contributed by atoms with van der Waals surface area (Å²) in [6.07, 6.45) is 3.38. The summed E-state index contributed by atoms with van der Waals surface area (Å²) < 4.78 is 6.34. The molecule has 2 heteroatoms. The lowest BCUT2D eigenvalue weighted by Gasteiger charge is -2.33. The quantitative estimate of drug-likeness (QED) is 0.864. The minimum absolute atomic E-state index is 0.241. The summed E-state index contributed by atoms with van der Waals surface area (Å²) >= 11 is 0. The molecule has 1 saturated heterocycles. The number of hydrogen-bond donors (Lipinski definition) is 1. The van der Waals surface area contributed by atoms with E-state index in [4.69, 9.17) is 4.74 Å². The first-order chi connectivity index (χ1) is 8.65. The summed E-state index contributed by atoms with van der Waals surface area (Å²) in [5.41, 5.74) is 5.49. The molecule has 18 heavy (non-hydrogen) atoms. The van der Waals surface area contributed by atoms with E-state index in [-0.39, 0.29) is 6.10 Å². The molecule has 1 N–H and O–H groups in total. The Kier molecular flexibility index (Phi) is 3.16. The van der Waals surface area contributed by atoms with Crippen LogP contribution in [0.1, 0.15) is 41.2 Å². The molecule has 2 aliphatic rings. The van der Waals surface area contributed by atoms with Gasteiger partial charge in [0.2, 0.25) is 0 Å². The monoisotopic (exact) mass is 245 g/mol. The maximum atomic E-state index is 6.34. The van der Waals surface area contributed by atoms with Crippen molar-refractivity contribution in [1.82, 2.24) is 5.32 Å². The Labute approximate surface area is 110 Å². The molecule has 1 heterocycles. The molecule has 2 unspecified atom stereocenters. The summed E-state index contributed by atoms with van der Waals surface area (Å²) in [4.78, 5) is 0. The average molecular weight is 245 g/mol. The van der Waals surface area contributed by atoms with Crippen LogP contribution in [0.3, 0.4) is 0 Å². The largest absolute Gasteiger partial charge is 0.367 e. The zero-order chi connectivity index (χ0) is 12.7. The first-order valence-corrected chi connectivity index (χ1v) is 7.09. The molecule has 1 saturated carbocycles. The molecule has 0 radical (unpaired) electrons.